The molecule has 0 atom stereocenters. The average molecular weight is 156 g/mol. The third kappa shape index (κ3) is 1.05. The van der Waals surface area contributed by atoms with Crippen LogP contribution in [0, 0.1) is 5.38 Å². The molecule has 1 aromatic rings. The SMILES string of the molecule is [c]1cnc(C2OCCO2)s1. The van der Waals surface area contributed by atoms with Crippen molar-refractivity contribution in [3.63, 3.8) is 0 Å². The lowest BCUT2D eigenvalue weighted by Crippen LogP contribution is -1.95. The zero-order valence-corrected chi connectivity index (χ0v) is 6.06. The van der Waals surface area contributed by atoms with E-state index < -0.39 is 0 Å². The highest BCUT2D eigenvalue weighted by atomic mass is 32.1. The summed E-state index contributed by atoms with van der Waals surface area (Å²) in [6, 6.07) is 0. The monoisotopic (exact) mass is 156 g/mol. The first-order valence-corrected chi connectivity index (χ1v) is 3.83. The Labute approximate surface area is 62.6 Å². The van der Waals surface area contributed by atoms with Crippen LogP contribution >= 0.6 is 11.3 Å². The summed E-state index contributed by atoms with van der Waals surface area (Å²) in [5.74, 6) is 0. The van der Waals surface area contributed by atoms with Gasteiger partial charge >= 0.3 is 0 Å². The van der Waals surface area contributed by atoms with Gasteiger partial charge in [0.2, 0.25) is 6.29 Å². The highest BCUT2D eigenvalue weighted by Crippen LogP contribution is 2.23. The van der Waals surface area contributed by atoms with Crippen LogP contribution in [0.25, 0.3) is 0 Å². The number of hydrogen-bond acceptors (Lipinski definition) is 4. The summed E-state index contributed by atoms with van der Waals surface area (Å²) in [5.41, 5.74) is 0. The Kier molecular flexibility index (Phi) is 1.66. The fraction of sp³-hybridized carbons (Fsp3) is 0.500. The predicted molar refractivity (Wildman–Crippen MR) is 35.6 cm³/mol. The minimum absolute atomic E-state index is 0.226. The van der Waals surface area contributed by atoms with Crippen LogP contribution in [0.2, 0.25) is 0 Å². The van der Waals surface area contributed by atoms with Crippen LogP contribution in [0.4, 0.5) is 0 Å². The Bertz CT molecular complexity index is 194. The molecule has 0 aliphatic carbocycles. The molecule has 1 aliphatic heterocycles. The van der Waals surface area contributed by atoms with Gasteiger partial charge in [-0.3, -0.25) is 0 Å². The average Bonchev–Trinajstić information content (AvgIpc) is 2.59. The fourth-order valence-corrected chi connectivity index (χ4v) is 1.38. The van der Waals surface area contributed by atoms with E-state index in [0.29, 0.717) is 13.2 Å². The number of nitrogens with zero attached hydrogens (tertiary/aromatic N) is 1. The molecule has 10 heavy (non-hydrogen) atoms. The summed E-state index contributed by atoms with van der Waals surface area (Å²) in [7, 11) is 0. The van der Waals surface area contributed by atoms with Crippen molar-refractivity contribution in [3.05, 3.63) is 16.6 Å². The van der Waals surface area contributed by atoms with Gasteiger partial charge in [-0.1, -0.05) is 0 Å². The number of rotatable bonds is 1. The summed E-state index contributed by atoms with van der Waals surface area (Å²) < 4.78 is 10.4. The van der Waals surface area contributed by atoms with Gasteiger partial charge in [-0.05, 0) is 0 Å². The predicted octanol–water partition coefficient (Wildman–Crippen LogP) is 0.989. The van der Waals surface area contributed by atoms with E-state index in [9.17, 15) is 0 Å². The lowest BCUT2D eigenvalue weighted by molar-refractivity contribution is -0.0442. The van der Waals surface area contributed by atoms with E-state index in [1.807, 2.05) is 0 Å². The van der Waals surface area contributed by atoms with Crippen molar-refractivity contribution in [3.8, 4) is 0 Å². The second-order valence-corrected chi connectivity index (χ2v) is 2.75. The van der Waals surface area contributed by atoms with Crippen LogP contribution in [0.15, 0.2) is 6.20 Å². The zero-order chi connectivity index (χ0) is 6.81. The van der Waals surface area contributed by atoms with Gasteiger partial charge in [0.15, 0.2) is 0 Å². The van der Waals surface area contributed by atoms with Crippen LogP contribution in [-0.4, -0.2) is 18.2 Å². The number of hydrogen-bond donors (Lipinski definition) is 0. The van der Waals surface area contributed by atoms with E-state index in [-0.39, 0.29) is 6.29 Å². The minimum Gasteiger partial charge on any atom is -0.344 e. The number of aromatic nitrogens is 1. The van der Waals surface area contributed by atoms with Crippen molar-refractivity contribution in [2.45, 2.75) is 6.29 Å². The molecule has 0 unspecified atom stereocenters. The van der Waals surface area contributed by atoms with Gasteiger partial charge in [0.05, 0.1) is 18.6 Å². The second-order valence-electron chi connectivity index (χ2n) is 1.89. The van der Waals surface area contributed by atoms with Crippen LogP contribution in [0.5, 0.6) is 0 Å². The highest BCUT2D eigenvalue weighted by Gasteiger charge is 2.19. The Balaban J connectivity index is 2.12. The second kappa shape index (κ2) is 2.65. The first kappa shape index (κ1) is 6.27. The fourth-order valence-electron chi connectivity index (χ4n) is 0.813. The Hall–Kier alpha value is -0.450. The van der Waals surface area contributed by atoms with E-state index in [4.69, 9.17) is 9.47 Å². The van der Waals surface area contributed by atoms with Gasteiger partial charge in [-0.25, -0.2) is 4.98 Å². The van der Waals surface area contributed by atoms with Crippen molar-refractivity contribution in [1.82, 2.24) is 4.98 Å². The van der Waals surface area contributed by atoms with E-state index in [0.717, 1.165) is 5.01 Å². The molecule has 1 fully saturated rings. The maximum absolute atomic E-state index is 5.20. The third-order valence-electron chi connectivity index (χ3n) is 1.23. The van der Waals surface area contributed by atoms with Crippen LogP contribution in [0.3, 0.4) is 0 Å². The molecule has 4 heteroatoms. The summed E-state index contributed by atoms with van der Waals surface area (Å²) >= 11 is 1.43. The van der Waals surface area contributed by atoms with E-state index >= 15 is 0 Å². The number of thiazole rings is 1. The van der Waals surface area contributed by atoms with Gasteiger partial charge < -0.3 is 9.47 Å². The van der Waals surface area contributed by atoms with E-state index in [2.05, 4.69) is 10.4 Å². The van der Waals surface area contributed by atoms with Crippen LogP contribution < -0.4 is 0 Å². The molecular formula is C6H6NO2S. The third-order valence-corrected chi connectivity index (χ3v) is 1.96. The number of ether oxygens (including phenoxy) is 2. The Morgan fingerprint density at radius 3 is 3.00 bits per heavy atom. The molecule has 0 bridgehead atoms. The summed E-state index contributed by atoms with van der Waals surface area (Å²) in [6.45, 7) is 1.34. The molecular weight excluding hydrogens is 150 g/mol. The topological polar surface area (TPSA) is 31.4 Å². The molecule has 0 N–H and O–H groups in total. The van der Waals surface area contributed by atoms with Crippen LogP contribution in [-0.2, 0) is 9.47 Å². The molecule has 2 heterocycles. The molecule has 0 saturated carbocycles. The lowest BCUT2D eigenvalue weighted by atomic mass is 10.7. The lowest BCUT2D eigenvalue weighted by Gasteiger charge is -2.02. The summed E-state index contributed by atoms with van der Waals surface area (Å²) in [4.78, 5) is 4.01. The van der Waals surface area contributed by atoms with Crippen molar-refractivity contribution in [2.24, 2.45) is 0 Å². The molecule has 1 radical (unpaired) electrons. The Morgan fingerprint density at radius 2 is 2.40 bits per heavy atom. The molecule has 1 aromatic heterocycles. The van der Waals surface area contributed by atoms with Crippen molar-refractivity contribution < 1.29 is 9.47 Å². The van der Waals surface area contributed by atoms with Crippen molar-refractivity contribution >= 4 is 11.3 Å². The quantitative estimate of drug-likeness (QED) is 0.607. The molecule has 0 aromatic carbocycles. The van der Waals surface area contributed by atoms with Gasteiger partial charge in [-0.2, -0.15) is 0 Å². The largest absolute Gasteiger partial charge is 0.344 e. The minimum atomic E-state index is -0.226. The first-order chi connectivity index (χ1) is 4.97. The van der Waals surface area contributed by atoms with E-state index in [1.165, 1.54) is 11.3 Å². The molecule has 0 amide bonds. The molecule has 53 valence electrons. The molecule has 2 rings (SSSR count). The standard InChI is InChI=1S/C6H6NO2S/c1-4-10-5(7-1)6-8-2-3-9-6/h1,6H,2-3H2. The maximum Gasteiger partial charge on any atom is 0.211 e. The zero-order valence-electron chi connectivity index (χ0n) is 5.24. The summed E-state index contributed by atoms with van der Waals surface area (Å²) in [6.07, 6.45) is 1.40. The smallest absolute Gasteiger partial charge is 0.211 e. The van der Waals surface area contributed by atoms with Crippen LogP contribution in [0.1, 0.15) is 11.3 Å². The molecule has 1 aliphatic rings. The van der Waals surface area contributed by atoms with E-state index in [1.54, 1.807) is 6.20 Å². The molecule has 0 spiro atoms. The molecule has 1 saturated heterocycles. The van der Waals surface area contributed by atoms with Crippen molar-refractivity contribution in [2.75, 3.05) is 13.2 Å². The van der Waals surface area contributed by atoms with Gasteiger partial charge in [0.1, 0.15) is 5.01 Å². The van der Waals surface area contributed by atoms with Crippen molar-refractivity contribution in [1.29, 1.82) is 0 Å². The summed E-state index contributed by atoms with van der Waals surface area (Å²) in [5, 5.41) is 3.74. The first-order valence-electron chi connectivity index (χ1n) is 3.02. The maximum atomic E-state index is 5.20. The van der Waals surface area contributed by atoms with Gasteiger partial charge in [0.25, 0.3) is 0 Å². The Morgan fingerprint density at radius 1 is 1.60 bits per heavy atom. The normalized spacial score (nSPS) is 20.0. The van der Waals surface area contributed by atoms with Gasteiger partial charge in [-0.15, -0.1) is 11.3 Å². The van der Waals surface area contributed by atoms with Gasteiger partial charge in [0, 0.05) is 6.20 Å². The highest BCUT2D eigenvalue weighted by molar-refractivity contribution is 7.09. The molecule has 3 nitrogen and oxygen atoms in total.